The summed E-state index contributed by atoms with van der Waals surface area (Å²) in [5, 5.41) is 0. The SMILES string of the molecule is Cc1ccc2c(c1)CCCN2CC(=O)N1CCN(S(=O)(=O)c2ccc(F)cc2)CC1. The molecule has 2 aliphatic rings. The van der Waals surface area contributed by atoms with Crippen LogP contribution in [0.3, 0.4) is 0 Å². The lowest BCUT2D eigenvalue weighted by Gasteiger charge is -2.37. The molecular formula is C22H26FN3O3S. The van der Waals surface area contributed by atoms with Gasteiger partial charge in [0.25, 0.3) is 0 Å². The van der Waals surface area contributed by atoms with Gasteiger partial charge >= 0.3 is 0 Å². The molecule has 2 aromatic carbocycles. The predicted octanol–water partition coefficient (Wildman–Crippen LogP) is 2.42. The molecule has 1 fully saturated rings. The number of carbonyl (C=O) groups is 1. The van der Waals surface area contributed by atoms with Gasteiger partial charge in [0.1, 0.15) is 5.82 Å². The molecule has 2 aliphatic heterocycles. The third kappa shape index (κ3) is 4.20. The minimum atomic E-state index is -3.68. The van der Waals surface area contributed by atoms with Crippen molar-refractivity contribution in [1.29, 1.82) is 0 Å². The van der Waals surface area contributed by atoms with Crippen molar-refractivity contribution >= 4 is 21.6 Å². The summed E-state index contributed by atoms with van der Waals surface area (Å²) >= 11 is 0. The second kappa shape index (κ2) is 8.35. The molecule has 30 heavy (non-hydrogen) atoms. The van der Waals surface area contributed by atoms with Crippen LogP contribution in [0.4, 0.5) is 10.1 Å². The minimum Gasteiger partial charge on any atom is -0.362 e. The first-order valence-electron chi connectivity index (χ1n) is 10.2. The molecule has 4 rings (SSSR count). The number of anilines is 1. The van der Waals surface area contributed by atoms with Crippen LogP contribution >= 0.6 is 0 Å². The molecule has 0 saturated carbocycles. The Morgan fingerprint density at radius 1 is 1.00 bits per heavy atom. The predicted molar refractivity (Wildman–Crippen MR) is 113 cm³/mol. The van der Waals surface area contributed by atoms with Crippen LogP contribution in [0.25, 0.3) is 0 Å². The number of hydrogen-bond donors (Lipinski definition) is 0. The molecule has 1 saturated heterocycles. The number of carbonyl (C=O) groups excluding carboxylic acids is 1. The molecule has 0 N–H and O–H groups in total. The number of amides is 1. The van der Waals surface area contributed by atoms with Gasteiger partial charge < -0.3 is 9.80 Å². The lowest BCUT2D eigenvalue weighted by molar-refractivity contribution is -0.130. The van der Waals surface area contributed by atoms with Crippen LogP contribution in [0.15, 0.2) is 47.4 Å². The summed E-state index contributed by atoms with van der Waals surface area (Å²) in [7, 11) is -3.68. The van der Waals surface area contributed by atoms with Crippen molar-refractivity contribution in [3.63, 3.8) is 0 Å². The first-order valence-corrected chi connectivity index (χ1v) is 11.7. The lowest BCUT2D eigenvalue weighted by atomic mass is 9.99. The van der Waals surface area contributed by atoms with Crippen LogP contribution < -0.4 is 4.90 Å². The second-order valence-corrected chi connectivity index (χ2v) is 9.83. The van der Waals surface area contributed by atoms with Gasteiger partial charge in [0.15, 0.2) is 0 Å². The van der Waals surface area contributed by atoms with Gasteiger partial charge in [0.05, 0.1) is 11.4 Å². The van der Waals surface area contributed by atoms with E-state index < -0.39 is 15.8 Å². The molecule has 0 atom stereocenters. The zero-order valence-corrected chi connectivity index (χ0v) is 17.9. The van der Waals surface area contributed by atoms with E-state index in [9.17, 15) is 17.6 Å². The molecule has 160 valence electrons. The number of rotatable bonds is 4. The smallest absolute Gasteiger partial charge is 0.243 e. The van der Waals surface area contributed by atoms with E-state index in [0.717, 1.165) is 37.2 Å². The van der Waals surface area contributed by atoms with Crippen molar-refractivity contribution in [3.05, 3.63) is 59.4 Å². The average Bonchev–Trinajstić information content (AvgIpc) is 2.74. The first kappa shape index (κ1) is 20.8. The highest BCUT2D eigenvalue weighted by atomic mass is 32.2. The quantitative estimate of drug-likeness (QED) is 0.746. The fraction of sp³-hybridized carbons (Fsp3) is 0.409. The van der Waals surface area contributed by atoms with Gasteiger partial charge in [-0.3, -0.25) is 4.79 Å². The Morgan fingerprint density at radius 2 is 1.70 bits per heavy atom. The third-order valence-electron chi connectivity index (χ3n) is 5.82. The summed E-state index contributed by atoms with van der Waals surface area (Å²) < 4.78 is 40.0. The summed E-state index contributed by atoms with van der Waals surface area (Å²) in [6.45, 7) is 4.41. The van der Waals surface area contributed by atoms with E-state index in [1.807, 2.05) is 0 Å². The maximum absolute atomic E-state index is 13.1. The zero-order chi connectivity index (χ0) is 21.3. The van der Waals surface area contributed by atoms with E-state index in [1.165, 1.54) is 27.6 Å². The number of sulfonamides is 1. The van der Waals surface area contributed by atoms with E-state index >= 15 is 0 Å². The van der Waals surface area contributed by atoms with Gasteiger partial charge in [-0.2, -0.15) is 4.31 Å². The molecule has 6 nitrogen and oxygen atoms in total. The van der Waals surface area contributed by atoms with E-state index in [1.54, 1.807) is 4.90 Å². The van der Waals surface area contributed by atoms with E-state index in [4.69, 9.17) is 0 Å². The van der Waals surface area contributed by atoms with Crippen molar-refractivity contribution in [1.82, 2.24) is 9.21 Å². The van der Waals surface area contributed by atoms with Crippen LogP contribution in [-0.2, 0) is 21.2 Å². The topological polar surface area (TPSA) is 60.9 Å². The zero-order valence-electron chi connectivity index (χ0n) is 17.1. The van der Waals surface area contributed by atoms with Gasteiger partial charge in [-0.1, -0.05) is 17.7 Å². The first-order chi connectivity index (χ1) is 14.3. The number of halogens is 1. The lowest BCUT2D eigenvalue weighted by Crippen LogP contribution is -2.52. The molecule has 0 spiro atoms. The molecule has 1 amide bonds. The minimum absolute atomic E-state index is 0.0160. The van der Waals surface area contributed by atoms with Crippen LogP contribution in [0.2, 0.25) is 0 Å². The molecule has 0 aliphatic carbocycles. The summed E-state index contributed by atoms with van der Waals surface area (Å²) in [5.41, 5.74) is 3.63. The number of nitrogens with zero attached hydrogens (tertiary/aromatic N) is 3. The van der Waals surface area contributed by atoms with Crippen molar-refractivity contribution < 1.29 is 17.6 Å². The van der Waals surface area contributed by atoms with E-state index in [0.29, 0.717) is 19.6 Å². The Bertz CT molecular complexity index is 1030. The molecule has 0 bridgehead atoms. The van der Waals surface area contributed by atoms with E-state index in [-0.39, 0.29) is 23.9 Å². The van der Waals surface area contributed by atoms with Crippen LogP contribution in [0, 0.1) is 12.7 Å². The number of aryl methyl sites for hydroxylation is 2. The highest BCUT2D eigenvalue weighted by molar-refractivity contribution is 7.89. The molecular weight excluding hydrogens is 405 g/mol. The Morgan fingerprint density at radius 3 is 2.40 bits per heavy atom. The van der Waals surface area contributed by atoms with Gasteiger partial charge in [-0.05, 0) is 55.7 Å². The number of fused-ring (bicyclic) bond motifs is 1. The summed E-state index contributed by atoms with van der Waals surface area (Å²) in [6.07, 6.45) is 2.05. The Hall–Kier alpha value is -2.45. The van der Waals surface area contributed by atoms with E-state index in [2.05, 4.69) is 30.0 Å². The summed E-state index contributed by atoms with van der Waals surface area (Å²) in [6, 6.07) is 11.2. The van der Waals surface area contributed by atoms with Crippen molar-refractivity contribution in [2.75, 3.05) is 44.2 Å². The molecule has 2 heterocycles. The van der Waals surface area contributed by atoms with Gasteiger partial charge in [-0.25, -0.2) is 12.8 Å². The Balaban J connectivity index is 1.38. The van der Waals surface area contributed by atoms with Crippen LogP contribution in [0.1, 0.15) is 17.5 Å². The van der Waals surface area contributed by atoms with Crippen LogP contribution in [0.5, 0.6) is 0 Å². The molecule has 0 unspecified atom stereocenters. The van der Waals surface area contributed by atoms with Crippen LogP contribution in [-0.4, -0.2) is 62.8 Å². The molecule has 8 heteroatoms. The van der Waals surface area contributed by atoms with Crippen molar-refractivity contribution in [3.8, 4) is 0 Å². The molecule has 2 aromatic rings. The maximum atomic E-state index is 13.1. The Labute approximate surface area is 176 Å². The number of hydrogen-bond acceptors (Lipinski definition) is 4. The maximum Gasteiger partial charge on any atom is 0.243 e. The standard InChI is InChI=1S/C22H26FN3O3S/c1-17-4-9-21-18(15-17)3-2-10-25(21)16-22(27)24-11-13-26(14-12-24)30(28,29)20-7-5-19(23)6-8-20/h4-9,15H,2-3,10-14,16H2,1H3. The normalized spacial score (nSPS) is 17.7. The van der Waals surface area contributed by atoms with Gasteiger partial charge in [0.2, 0.25) is 15.9 Å². The third-order valence-corrected chi connectivity index (χ3v) is 7.73. The Kier molecular flexibility index (Phi) is 5.79. The molecule has 0 aromatic heterocycles. The monoisotopic (exact) mass is 431 g/mol. The fourth-order valence-corrected chi connectivity index (χ4v) is 5.59. The highest BCUT2D eigenvalue weighted by Crippen LogP contribution is 2.28. The summed E-state index contributed by atoms with van der Waals surface area (Å²) in [5.74, 6) is -0.457. The largest absolute Gasteiger partial charge is 0.362 e. The highest BCUT2D eigenvalue weighted by Gasteiger charge is 2.31. The average molecular weight is 432 g/mol. The van der Waals surface area contributed by atoms with Crippen molar-refractivity contribution in [2.24, 2.45) is 0 Å². The number of benzene rings is 2. The number of piperazine rings is 1. The van der Waals surface area contributed by atoms with Crippen molar-refractivity contribution in [2.45, 2.75) is 24.7 Å². The van der Waals surface area contributed by atoms with Gasteiger partial charge in [-0.15, -0.1) is 0 Å². The van der Waals surface area contributed by atoms with Gasteiger partial charge in [0, 0.05) is 38.4 Å². The second-order valence-electron chi connectivity index (χ2n) is 7.90. The summed E-state index contributed by atoms with van der Waals surface area (Å²) in [4.78, 5) is 16.8. The fourth-order valence-electron chi connectivity index (χ4n) is 4.16. The molecule has 0 radical (unpaired) electrons.